The lowest BCUT2D eigenvalue weighted by molar-refractivity contribution is -0.122. The van der Waals surface area contributed by atoms with E-state index in [9.17, 15) is 4.79 Å². The number of carbonyl (C=O) groups is 1. The van der Waals surface area contributed by atoms with Crippen LogP contribution in [0.1, 0.15) is 64.6 Å². The van der Waals surface area contributed by atoms with Crippen LogP contribution in [0.25, 0.3) is 0 Å². The van der Waals surface area contributed by atoms with Crippen molar-refractivity contribution in [3.63, 3.8) is 0 Å². The Bertz CT molecular complexity index is 416. The molecule has 106 valence electrons. The third-order valence-electron chi connectivity index (χ3n) is 4.48. The quantitative estimate of drug-likeness (QED) is 0.809. The zero-order valence-electron chi connectivity index (χ0n) is 12.4. The molecule has 19 heavy (non-hydrogen) atoms. The van der Waals surface area contributed by atoms with Crippen LogP contribution in [0.2, 0.25) is 0 Å². The van der Waals surface area contributed by atoms with Crippen LogP contribution in [0.4, 0.5) is 0 Å². The molecule has 1 aromatic rings. The SMILES string of the molecule is CC(C)C(C)C(=O)Cc1ccn(C2CCCCC2)n1. The number of ketones is 1. The molecule has 0 amide bonds. The Morgan fingerprint density at radius 2 is 2.00 bits per heavy atom. The van der Waals surface area contributed by atoms with Crippen LogP contribution >= 0.6 is 0 Å². The molecule has 0 radical (unpaired) electrons. The summed E-state index contributed by atoms with van der Waals surface area (Å²) in [5.41, 5.74) is 0.933. The predicted molar refractivity (Wildman–Crippen MR) is 77.1 cm³/mol. The lowest BCUT2D eigenvalue weighted by Crippen LogP contribution is -2.19. The number of hydrogen-bond acceptors (Lipinski definition) is 2. The lowest BCUT2D eigenvalue weighted by atomic mass is 9.91. The fraction of sp³-hybridized carbons (Fsp3) is 0.750. The summed E-state index contributed by atoms with van der Waals surface area (Å²) in [5, 5.41) is 4.61. The first kappa shape index (κ1) is 14.3. The molecule has 0 N–H and O–H groups in total. The Hall–Kier alpha value is -1.12. The van der Waals surface area contributed by atoms with Gasteiger partial charge in [0.05, 0.1) is 18.2 Å². The Labute approximate surface area is 116 Å². The van der Waals surface area contributed by atoms with Crippen LogP contribution in [0.15, 0.2) is 12.3 Å². The average Bonchev–Trinajstić information content (AvgIpc) is 2.87. The molecule has 1 unspecified atom stereocenters. The first-order valence-corrected chi connectivity index (χ1v) is 7.64. The molecule has 2 rings (SSSR count). The first-order chi connectivity index (χ1) is 9.08. The number of nitrogens with zero attached hydrogens (tertiary/aromatic N) is 2. The van der Waals surface area contributed by atoms with Gasteiger partial charge in [0.2, 0.25) is 0 Å². The van der Waals surface area contributed by atoms with Gasteiger partial charge in [0.25, 0.3) is 0 Å². The summed E-state index contributed by atoms with van der Waals surface area (Å²) in [7, 11) is 0. The van der Waals surface area contributed by atoms with Crippen LogP contribution < -0.4 is 0 Å². The van der Waals surface area contributed by atoms with Crippen molar-refractivity contribution >= 4 is 5.78 Å². The van der Waals surface area contributed by atoms with Crippen LogP contribution in [-0.2, 0) is 11.2 Å². The summed E-state index contributed by atoms with van der Waals surface area (Å²) in [4.78, 5) is 12.1. The maximum atomic E-state index is 12.1. The highest BCUT2D eigenvalue weighted by Crippen LogP contribution is 2.27. The number of carbonyl (C=O) groups excluding carboxylic acids is 1. The summed E-state index contributed by atoms with van der Waals surface area (Å²) in [6.07, 6.45) is 8.98. The van der Waals surface area contributed by atoms with Gasteiger partial charge in [-0.25, -0.2) is 0 Å². The van der Waals surface area contributed by atoms with E-state index in [0.717, 1.165) is 5.69 Å². The van der Waals surface area contributed by atoms with Gasteiger partial charge in [0.1, 0.15) is 5.78 Å². The molecule has 0 bridgehead atoms. The highest BCUT2D eigenvalue weighted by atomic mass is 16.1. The summed E-state index contributed by atoms with van der Waals surface area (Å²) in [6.45, 7) is 6.22. The van der Waals surface area contributed by atoms with E-state index in [1.165, 1.54) is 32.1 Å². The van der Waals surface area contributed by atoms with E-state index in [0.29, 0.717) is 24.2 Å². The second-order valence-electron chi connectivity index (χ2n) is 6.25. The van der Waals surface area contributed by atoms with Crippen LogP contribution in [-0.4, -0.2) is 15.6 Å². The van der Waals surface area contributed by atoms with Crippen molar-refractivity contribution in [3.8, 4) is 0 Å². The zero-order chi connectivity index (χ0) is 13.8. The van der Waals surface area contributed by atoms with Gasteiger partial charge in [-0.2, -0.15) is 5.10 Å². The van der Waals surface area contributed by atoms with Crippen molar-refractivity contribution in [1.29, 1.82) is 0 Å². The summed E-state index contributed by atoms with van der Waals surface area (Å²) >= 11 is 0. The first-order valence-electron chi connectivity index (χ1n) is 7.64. The van der Waals surface area contributed by atoms with Gasteiger partial charge < -0.3 is 0 Å². The van der Waals surface area contributed by atoms with E-state index >= 15 is 0 Å². The predicted octanol–water partition coefficient (Wildman–Crippen LogP) is 3.79. The molecule has 3 nitrogen and oxygen atoms in total. The molecule has 0 aliphatic heterocycles. The maximum Gasteiger partial charge on any atom is 0.141 e. The topological polar surface area (TPSA) is 34.9 Å². The molecule has 1 aliphatic rings. The van der Waals surface area contributed by atoms with E-state index in [-0.39, 0.29) is 5.92 Å². The van der Waals surface area contributed by atoms with Crippen molar-refractivity contribution < 1.29 is 4.79 Å². The Morgan fingerprint density at radius 3 is 2.63 bits per heavy atom. The fourth-order valence-corrected chi connectivity index (χ4v) is 2.73. The molecule has 0 aromatic carbocycles. The molecule has 1 fully saturated rings. The minimum atomic E-state index is 0.125. The highest BCUT2D eigenvalue weighted by molar-refractivity contribution is 5.82. The van der Waals surface area contributed by atoms with Crippen molar-refractivity contribution in [1.82, 2.24) is 9.78 Å². The monoisotopic (exact) mass is 262 g/mol. The maximum absolute atomic E-state index is 12.1. The minimum Gasteiger partial charge on any atom is -0.299 e. The number of hydrogen-bond donors (Lipinski definition) is 0. The number of aromatic nitrogens is 2. The third-order valence-corrected chi connectivity index (χ3v) is 4.48. The second kappa shape index (κ2) is 6.36. The van der Waals surface area contributed by atoms with Gasteiger partial charge in [-0.3, -0.25) is 9.48 Å². The van der Waals surface area contributed by atoms with Crippen LogP contribution in [0, 0.1) is 11.8 Å². The standard InChI is InChI=1S/C16H26N2O/c1-12(2)13(3)16(19)11-14-9-10-18(17-14)15-7-5-4-6-8-15/h9-10,12-13,15H,4-8,11H2,1-3H3. The van der Waals surface area contributed by atoms with E-state index in [1.54, 1.807) is 0 Å². The molecule has 0 spiro atoms. The average molecular weight is 262 g/mol. The van der Waals surface area contributed by atoms with E-state index in [2.05, 4.69) is 29.8 Å². The third kappa shape index (κ3) is 3.68. The molecule has 1 saturated carbocycles. The zero-order valence-corrected chi connectivity index (χ0v) is 12.4. The molecule has 1 aliphatic carbocycles. The Morgan fingerprint density at radius 1 is 1.32 bits per heavy atom. The van der Waals surface area contributed by atoms with E-state index in [1.807, 2.05) is 13.0 Å². The van der Waals surface area contributed by atoms with Gasteiger partial charge in [0, 0.05) is 12.1 Å². The van der Waals surface area contributed by atoms with E-state index < -0.39 is 0 Å². The fourth-order valence-electron chi connectivity index (χ4n) is 2.73. The molecule has 1 aromatic heterocycles. The van der Waals surface area contributed by atoms with Crippen LogP contribution in [0.3, 0.4) is 0 Å². The number of Topliss-reactive ketones (excluding diaryl/α,β-unsaturated/α-hetero) is 1. The highest BCUT2D eigenvalue weighted by Gasteiger charge is 2.19. The molecular weight excluding hydrogens is 236 g/mol. The molecule has 1 atom stereocenters. The van der Waals surface area contributed by atoms with Crippen molar-refractivity contribution in [2.45, 2.75) is 65.3 Å². The van der Waals surface area contributed by atoms with Crippen molar-refractivity contribution in [3.05, 3.63) is 18.0 Å². The van der Waals surface area contributed by atoms with Gasteiger partial charge >= 0.3 is 0 Å². The molecule has 3 heteroatoms. The Balaban J connectivity index is 1.95. The van der Waals surface area contributed by atoms with Crippen LogP contribution in [0.5, 0.6) is 0 Å². The second-order valence-corrected chi connectivity index (χ2v) is 6.25. The molecular formula is C16H26N2O. The summed E-state index contributed by atoms with van der Waals surface area (Å²) in [6, 6.07) is 2.57. The van der Waals surface area contributed by atoms with Gasteiger partial charge in [-0.05, 0) is 24.8 Å². The summed E-state index contributed by atoms with van der Waals surface area (Å²) < 4.78 is 2.09. The van der Waals surface area contributed by atoms with Crippen molar-refractivity contribution in [2.24, 2.45) is 11.8 Å². The van der Waals surface area contributed by atoms with Gasteiger partial charge in [-0.15, -0.1) is 0 Å². The van der Waals surface area contributed by atoms with Gasteiger partial charge in [0.15, 0.2) is 0 Å². The number of rotatable bonds is 5. The van der Waals surface area contributed by atoms with Crippen molar-refractivity contribution in [2.75, 3.05) is 0 Å². The molecule has 1 heterocycles. The normalized spacial score (nSPS) is 18.7. The Kier molecular flexibility index (Phi) is 4.78. The largest absolute Gasteiger partial charge is 0.299 e. The minimum absolute atomic E-state index is 0.125. The lowest BCUT2D eigenvalue weighted by Gasteiger charge is -2.21. The smallest absolute Gasteiger partial charge is 0.141 e. The van der Waals surface area contributed by atoms with E-state index in [4.69, 9.17) is 0 Å². The molecule has 0 saturated heterocycles. The van der Waals surface area contributed by atoms with Gasteiger partial charge in [-0.1, -0.05) is 40.0 Å². The summed E-state index contributed by atoms with van der Waals surface area (Å²) in [5.74, 6) is 0.844.